The number of fused-ring (bicyclic) bond motifs is 1. The summed E-state index contributed by atoms with van der Waals surface area (Å²) < 4.78 is 2.01. The van der Waals surface area contributed by atoms with E-state index in [1.54, 1.807) is 6.20 Å². The molecule has 2 atom stereocenters. The summed E-state index contributed by atoms with van der Waals surface area (Å²) in [5.41, 5.74) is 5.05. The Bertz CT molecular complexity index is 1100. The molecule has 0 N–H and O–H groups in total. The van der Waals surface area contributed by atoms with Crippen LogP contribution in [0.2, 0.25) is 0 Å². The fourth-order valence-corrected chi connectivity index (χ4v) is 5.42. The Morgan fingerprint density at radius 1 is 1.10 bits per heavy atom. The maximum atomic E-state index is 14.0. The second-order valence-electron chi connectivity index (χ2n) is 9.73. The molecule has 0 spiro atoms. The Kier molecular flexibility index (Phi) is 4.96. The zero-order valence-electron chi connectivity index (χ0n) is 18.7. The predicted octanol–water partition coefficient (Wildman–Crippen LogP) is 5.27. The molecule has 2 aliphatic carbocycles. The maximum Gasteiger partial charge on any atom is 0.231 e. The fourth-order valence-electron chi connectivity index (χ4n) is 5.42. The molecule has 160 valence electrons. The molecule has 4 heteroatoms. The van der Waals surface area contributed by atoms with Crippen LogP contribution >= 0.6 is 0 Å². The van der Waals surface area contributed by atoms with E-state index in [9.17, 15) is 4.79 Å². The van der Waals surface area contributed by atoms with E-state index in [0.29, 0.717) is 6.54 Å². The molecule has 1 aromatic heterocycles. The number of hydrogen-bond acceptors (Lipinski definition) is 2. The predicted molar refractivity (Wildman–Crippen MR) is 124 cm³/mol. The minimum atomic E-state index is -0.0491. The van der Waals surface area contributed by atoms with E-state index in [-0.39, 0.29) is 23.2 Å². The van der Waals surface area contributed by atoms with E-state index >= 15 is 0 Å². The third-order valence-electron chi connectivity index (χ3n) is 7.38. The SMILES string of the molecule is Cn1ccnc1CN(C(=O)C1C(c2ccccc2)C1(C)C)c1ccc2c(c1)CCCC2. The Hall–Kier alpha value is -2.88. The molecule has 1 saturated carbocycles. The monoisotopic (exact) mass is 413 g/mol. The van der Waals surface area contributed by atoms with Crippen molar-refractivity contribution in [1.29, 1.82) is 0 Å². The summed E-state index contributed by atoms with van der Waals surface area (Å²) in [5, 5.41) is 0. The molecule has 1 amide bonds. The van der Waals surface area contributed by atoms with Gasteiger partial charge in [0.1, 0.15) is 5.82 Å². The summed E-state index contributed by atoms with van der Waals surface area (Å²) in [6, 6.07) is 17.1. The highest BCUT2D eigenvalue weighted by molar-refractivity contribution is 5.98. The van der Waals surface area contributed by atoms with Crippen LogP contribution in [0, 0.1) is 11.3 Å². The summed E-state index contributed by atoms with van der Waals surface area (Å²) in [7, 11) is 1.99. The molecular weight excluding hydrogens is 382 g/mol. The molecule has 0 radical (unpaired) electrons. The maximum absolute atomic E-state index is 14.0. The van der Waals surface area contributed by atoms with Crippen molar-refractivity contribution < 1.29 is 4.79 Å². The molecule has 2 aromatic carbocycles. The number of carbonyl (C=O) groups excluding carboxylic acids is 1. The van der Waals surface area contributed by atoms with Gasteiger partial charge in [-0.05, 0) is 59.9 Å². The molecule has 0 aliphatic heterocycles. The summed E-state index contributed by atoms with van der Waals surface area (Å²) in [6.07, 6.45) is 8.49. The number of imidazole rings is 1. The van der Waals surface area contributed by atoms with Crippen LogP contribution < -0.4 is 4.90 Å². The molecular formula is C27H31N3O. The number of amides is 1. The molecule has 0 bridgehead atoms. The zero-order valence-corrected chi connectivity index (χ0v) is 18.7. The number of anilines is 1. The lowest BCUT2D eigenvalue weighted by Crippen LogP contribution is -2.34. The highest BCUT2D eigenvalue weighted by atomic mass is 16.2. The number of hydrogen-bond donors (Lipinski definition) is 0. The summed E-state index contributed by atoms with van der Waals surface area (Å²) in [4.78, 5) is 20.5. The van der Waals surface area contributed by atoms with Crippen molar-refractivity contribution in [2.75, 3.05) is 4.90 Å². The van der Waals surface area contributed by atoms with Gasteiger partial charge in [-0.3, -0.25) is 4.79 Å². The summed E-state index contributed by atoms with van der Waals surface area (Å²) >= 11 is 0. The number of aromatic nitrogens is 2. The molecule has 0 saturated heterocycles. The second kappa shape index (κ2) is 7.67. The quantitative estimate of drug-likeness (QED) is 0.571. The average molecular weight is 414 g/mol. The van der Waals surface area contributed by atoms with E-state index < -0.39 is 0 Å². The van der Waals surface area contributed by atoms with Gasteiger partial charge in [0.2, 0.25) is 5.91 Å². The van der Waals surface area contributed by atoms with Gasteiger partial charge >= 0.3 is 0 Å². The van der Waals surface area contributed by atoms with Crippen LogP contribution in [0.1, 0.15) is 55.1 Å². The first-order chi connectivity index (χ1) is 15.0. The molecule has 31 heavy (non-hydrogen) atoms. The number of rotatable bonds is 5. The lowest BCUT2D eigenvalue weighted by Gasteiger charge is -2.26. The van der Waals surface area contributed by atoms with Crippen LogP contribution in [-0.4, -0.2) is 15.5 Å². The van der Waals surface area contributed by atoms with E-state index in [0.717, 1.165) is 24.4 Å². The van der Waals surface area contributed by atoms with Crippen molar-refractivity contribution in [3.63, 3.8) is 0 Å². The van der Waals surface area contributed by atoms with Crippen LogP contribution in [0.5, 0.6) is 0 Å². The van der Waals surface area contributed by atoms with E-state index in [1.165, 1.54) is 29.5 Å². The fraction of sp³-hybridized carbons (Fsp3) is 0.407. The third-order valence-corrected chi connectivity index (χ3v) is 7.38. The molecule has 1 fully saturated rings. The summed E-state index contributed by atoms with van der Waals surface area (Å²) in [5.74, 6) is 1.34. The normalized spacial score (nSPS) is 21.4. The van der Waals surface area contributed by atoms with Crippen molar-refractivity contribution in [1.82, 2.24) is 9.55 Å². The second-order valence-corrected chi connectivity index (χ2v) is 9.73. The van der Waals surface area contributed by atoms with Crippen LogP contribution in [0.4, 0.5) is 5.69 Å². The highest BCUT2D eigenvalue weighted by Gasteiger charge is 2.63. The van der Waals surface area contributed by atoms with Crippen LogP contribution in [-0.2, 0) is 31.2 Å². The van der Waals surface area contributed by atoms with Crippen molar-refractivity contribution in [3.8, 4) is 0 Å². The lowest BCUT2D eigenvalue weighted by atomic mass is 9.91. The van der Waals surface area contributed by atoms with Gasteiger partial charge in [-0.25, -0.2) is 4.98 Å². The molecule has 3 aromatic rings. The highest BCUT2D eigenvalue weighted by Crippen LogP contribution is 2.65. The van der Waals surface area contributed by atoms with Crippen LogP contribution in [0.25, 0.3) is 0 Å². The molecule has 2 aliphatic rings. The van der Waals surface area contributed by atoms with Crippen molar-refractivity contribution in [2.45, 2.75) is 52.0 Å². The first-order valence-electron chi connectivity index (χ1n) is 11.4. The number of benzene rings is 2. The first kappa shape index (κ1) is 20.0. The zero-order chi connectivity index (χ0) is 21.6. The number of aryl methyl sites for hydroxylation is 3. The van der Waals surface area contributed by atoms with Gasteiger partial charge in [-0.2, -0.15) is 0 Å². The number of carbonyl (C=O) groups is 1. The third kappa shape index (κ3) is 3.58. The lowest BCUT2D eigenvalue weighted by molar-refractivity contribution is -0.120. The Labute approximate surface area is 184 Å². The van der Waals surface area contributed by atoms with E-state index in [1.807, 2.05) is 28.8 Å². The van der Waals surface area contributed by atoms with Crippen LogP contribution in [0.3, 0.4) is 0 Å². The minimum absolute atomic E-state index is 0.0220. The average Bonchev–Trinajstić information content (AvgIpc) is 3.13. The van der Waals surface area contributed by atoms with Gasteiger partial charge in [0.15, 0.2) is 0 Å². The standard InChI is InChI=1S/C27H31N3O/c1-27(2)24(20-10-5-4-6-11-20)25(27)26(31)30(18-23-28-15-16-29(23)3)22-14-13-19-9-7-8-12-21(19)17-22/h4-6,10-11,13-17,24-25H,7-9,12,18H2,1-3H3. The Morgan fingerprint density at radius 3 is 2.55 bits per heavy atom. The first-order valence-corrected chi connectivity index (χ1v) is 11.4. The number of nitrogens with zero attached hydrogens (tertiary/aromatic N) is 3. The van der Waals surface area contributed by atoms with Crippen LogP contribution in [0.15, 0.2) is 60.9 Å². The molecule has 1 heterocycles. The Morgan fingerprint density at radius 2 is 1.84 bits per heavy atom. The smallest absolute Gasteiger partial charge is 0.231 e. The van der Waals surface area contributed by atoms with Crippen molar-refractivity contribution >= 4 is 11.6 Å². The largest absolute Gasteiger partial charge is 0.337 e. The van der Waals surface area contributed by atoms with Gasteiger partial charge in [-0.1, -0.05) is 50.2 Å². The summed E-state index contributed by atoms with van der Waals surface area (Å²) in [6.45, 7) is 4.94. The van der Waals surface area contributed by atoms with Gasteiger partial charge < -0.3 is 9.47 Å². The Balaban J connectivity index is 1.50. The van der Waals surface area contributed by atoms with Gasteiger partial charge in [0.25, 0.3) is 0 Å². The van der Waals surface area contributed by atoms with E-state index in [4.69, 9.17) is 0 Å². The van der Waals surface area contributed by atoms with Gasteiger partial charge in [0.05, 0.1) is 12.5 Å². The topological polar surface area (TPSA) is 38.1 Å². The minimum Gasteiger partial charge on any atom is -0.337 e. The molecule has 5 rings (SSSR count). The van der Waals surface area contributed by atoms with Gasteiger partial charge in [-0.15, -0.1) is 0 Å². The van der Waals surface area contributed by atoms with Crippen molar-refractivity contribution in [3.05, 3.63) is 83.4 Å². The molecule has 2 unspecified atom stereocenters. The van der Waals surface area contributed by atoms with Crippen molar-refractivity contribution in [2.24, 2.45) is 18.4 Å². The van der Waals surface area contributed by atoms with Gasteiger partial charge in [0, 0.05) is 31.0 Å². The van der Waals surface area contributed by atoms with E-state index in [2.05, 4.69) is 61.3 Å². The molecule has 4 nitrogen and oxygen atoms in total.